The highest BCUT2D eigenvalue weighted by atomic mass is 127. The number of hydrogen-bond donors (Lipinski definition) is 0. The maximum Gasteiger partial charge on any atom is 0.206 e. The minimum atomic E-state index is -3.50. The summed E-state index contributed by atoms with van der Waals surface area (Å²) in [5.41, 5.74) is 4.34. The molecule has 23 heavy (non-hydrogen) atoms. The lowest BCUT2D eigenvalue weighted by Gasteiger charge is -2.13. The quantitative estimate of drug-likeness (QED) is 0.251. The lowest BCUT2D eigenvalue weighted by Crippen LogP contribution is -2.05. The van der Waals surface area contributed by atoms with E-state index >= 15 is 0 Å². The molecule has 7 heteroatoms. The third-order valence-electron chi connectivity index (χ3n) is 3.59. The third kappa shape index (κ3) is 4.73. The minimum absolute atomic E-state index is 0.238. The second-order valence-electron chi connectivity index (χ2n) is 5.14. The minimum Gasteiger partial charge on any atom is -0.219 e. The number of rotatable bonds is 4. The first-order valence-electron chi connectivity index (χ1n) is 6.67. The van der Waals surface area contributed by atoms with Gasteiger partial charge in [0.25, 0.3) is 0 Å². The van der Waals surface area contributed by atoms with Crippen LogP contribution in [0, 0.1) is 13.8 Å². The Bertz CT molecular complexity index is 766. The van der Waals surface area contributed by atoms with Crippen molar-refractivity contribution >= 4 is 100 Å². The summed E-state index contributed by atoms with van der Waals surface area (Å²) in [6, 6.07) is 10.8. The Labute approximate surface area is 192 Å². The standard InChI is InChI=1S/C16H14I4O2S/c1-9-3-5-11(7-13(9)15(17)18)23(21,22)12-6-4-10(2)14(8-12)16(19)20/h3-8,15-16H,1-2H3. The Morgan fingerprint density at radius 2 is 1.09 bits per heavy atom. The topological polar surface area (TPSA) is 34.1 Å². The van der Waals surface area contributed by atoms with Gasteiger partial charge in [0.1, 0.15) is 0 Å². The molecule has 0 atom stereocenters. The van der Waals surface area contributed by atoms with E-state index in [-0.39, 0.29) is 3.86 Å². The van der Waals surface area contributed by atoms with Crippen LogP contribution >= 0.6 is 90.4 Å². The van der Waals surface area contributed by atoms with Gasteiger partial charge in [0, 0.05) is 0 Å². The highest BCUT2D eigenvalue weighted by Crippen LogP contribution is 2.37. The van der Waals surface area contributed by atoms with Crippen molar-refractivity contribution in [2.75, 3.05) is 0 Å². The van der Waals surface area contributed by atoms with Crippen LogP contribution in [-0.4, -0.2) is 8.42 Å². The van der Waals surface area contributed by atoms with Gasteiger partial charge in [0.2, 0.25) is 9.84 Å². The van der Waals surface area contributed by atoms with Crippen molar-refractivity contribution in [2.45, 2.75) is 27.5 Å². The normalized spacial score (nSPS) is 12.2. The molecule has 2 aromatic rings. The molecule has 0 bridgehead atoms. The fraction of sp³-hybridized carbons (Fsp3) is 0.250. The van der Waals surface area contributed by atoms with Gasteiger partial charge in [-0.15, -0.1) is 0 Å². The second-order valence-corrected chi connectivity index (χ2v) is 16.8. The number of sulfone groups is 1. The molecule has 0 N–H and O–H groups in total. The number of aryl methyl sites for hydroxylation is 2. The number of hydrogen-bond acceptors (Lipinski definition) is 2. The molecule has 0 saturated carbocycles. The van der Waals surface area contributed by atoms with Gasteiger partial charge in [-0.2, -0.15) is 0 Å². The molecule has 2 rings (SSSR count). The van der Waals surface area contributed by atoms with Gasteiger partial charge in [0.05, 0.1) is 13.7 Å². The lowest BCUT2D eigenvalue weighted by atomic mass is 10.1. The largest absolute Gasteiger partial charge is 0.219 e. The van der Waals surface area contributed by atoms with Crippen LogP contribution in [0.25, 0.3) is 0 Å². The first-order valence-corrected chi connectivity index (χ1v) is 13.1. The first-order chi connectivity index (χ1) is 10.6. The van der Waals surface area contributed by atoms with E-state index in [0.29, 0.717) is 9.79 Å². The predicted molar refractivity (Wildman–Crippen MR) is 129 cm³/mol. The van der Waals surface area contributed by atoms with Gasteiger partial charge >= 0.3 is 0 Å². The van der Waals surface area contributed by atoms with Crippen LogP contribution in [-0.2, 0) is 9.84 Å². The van der Waals surface area contributed by atoms with Crippen LogP contribution < -0.4 is 0 Å². The van der Waals surface area contributed by atoms with Crippen LogP contribution in [0.1, 0.15) is 26.1 Å². The van der Waals surface area contributed by atoms with Gasteiger partial charge in [0.15, 0.2) is 0 Å². The summed E-state index contributed by atoms with van der Waals surface area (Å²) in [4.78, 5) is 0.731. The maximum absolute atomic E-state index is 13.0. The Balaban J connectivity index is 2.59. The SMILES string of the molecule is Cc1ccc(S(=O)(=O)c2ccc(C)c(C(I)I)c2)cc1C(I)I. The smallest absolute Gasteiger partial charge is 0.206 e. The van der Waals surface area contributed by atoms with Gasteiger partial charge in [-0.25, -0.2) is 8.42 Å². The molecular formula is C16H14I4O2S. The van der Waals surface area contributed by atoms with E-state index in [0.717, 1.165) is 22.3 Å². The van der Waals surface area contributed by atoms with E-state index in [9.17, 15) is 8.42 Å². The fourth-order valence-electron chi connectivity index (χ4n) is 2.18. The van der Waals surface area contributed by atoms with E-state index in [1.54, 1.807) is 24.3 Å². The average molecular weight is 778 g/mol. The van der Waals surface area contributed by atoms with Gasteiger partial charge in [-0.05, 0) is 60.4 Å². The highest BCUT2D eigenvalue weighted by Gasteiger charge is 2.21. The molecule has 0 amide bonds. The van der Waals surface area contributed by atoms with Crippen LogP contribution in [0.3, 0.4) is 0 Å². The molecule has 0 aromatic heterocycles. The second kappa shape index (κ2) is 8.33. The van der Waals surface area contributed by atoms with Gasteiger partial charge in [-0.3, -0.25) is 0 Å². The Morgan fingerprint density at radius 3 is 1.39 bits per heavy atom. The molecule has 0 heterocycles. The molecule has 0 radical (unpaired) electrons. The molecule has 0 saturated heterocycles. The van der Waals surface area contributed by atoms with E-state index in [2.05, 4.69) is 90.4 Å². The Morgan fingerprint density at radius 1 is 0.739 bits per heavy atom. The van der Waals surface area contributed by atoms with Crippen molar-refractivity contribution < 1.29 is 8.42 Å². The monoisotopic (exact) mass is 778 g/mol. The van der Waals surface area contributed by atoms with Crippen molar-refractivity contribution in [2.24, 2.45) is 0 Å². The number of benzene rings is 2. The molecule has 124 valence electrons. The number of alkyl halides is 4. The zero-order valence-corrected chi connectivity index (χ0v) is 21.8. The van der Waals surface area contributed by atoms with Crippen molar-refractivity contribution in [1.82, 2.24) is 0 Å². The summed E-state index contributed by atoms with van der Waals surface area (Å²) in [6.07, 6.45) is 0. The summed E-state index contributed by atoms with van der Waals surface area (Å²) in [5, 5.41) is 0. The Kier molecular flexibility index (Phi) is 7.47. The van der Waals surface area contributed by atoms with E-state index in [4.69, 9.17) is 0 Å². The van der Waals surface area contributed by atoms with Gasteiger partial charge in [-0.1, -0.05) is 102 Å². The van der Waals surface area contributed by atoms with E-state index in [1.165, 1.54) is 0 Å². The van der Waals surface area contributed by atoms with E-state index < -0.39 is 9.84 Å². The van der Waals surface area contributed by atoms with Crippen LogP contribution in [0.15, 0.2) is 46.2 Å². The molecule has 0 aliphatic carbocycles. The molecular weight excluding hydrogens is 764 g/mol. The molecule has 0 aliphatic rings. The van der Waals surface area contributed by atoms with Gasteiger partial charge < -0.3 is 0 Å². The summed E-state index contributed by atoms with van der Waals surface area (Å²) < 4.78 is 26.5. The maximum atomic E-state index is 13.0. The van der Waals surface area contributed by atoms with Crippen LogP contribution in [0.4, 0.5) is 0 Å². The lowest BCUT2D eigenvalue weighted by molar-refractivity contribution is 0.596. The average Bonchev–Trinajstić information content (AvgIpc) is 2.47. The van der Waals surface area contributed by atoms with E-state index in [1.807, 2.05) is 26.0 Å². The Hall–Kier alpha value is 1.31. The third-order valence-corrected chi connectivity index (χ3v) is 8.03. The fourth-order valence-corrected chi connectivity index (χ4v) is 6.19. The van der Waals surface area contributed by atoms with Crippen LogP contribution in [0.5, 0.6) is 0 Å². The number of halogens is 4. The zero-order chi connectivity index (χ0) is 17.4. The summed E-state index contributed by atoms with van der Waals surface area (Å²) in [5.74, 6) is 0. The molecule has 2 nitrogen and oxygen atoms in total. The zero-order valence-electron chi connectivity index (χ0n) is 12.4. The molecule has 0 unspecified atom stereocenters. The van der Waals surface area contributed by atoms with Crippen molar-refractivity contribution in [3.8, 4) is 0 Å². The molecule has 0 fully saturated rings. The molecule has 2 aromatic carbocycles. The summed E-state index contributed by atoms with van der Waals surface area (Å²) >= 11 is 9.21. The first kappa shape index (κ1) is 20.6. The van der Waals surface area contributed by atoms with Crippen molar-refractivity contribution in [3.05, 3.63) is 58.7 Å². The van der Waals surface area contributed by atoms with Crippen LogP contribution in [0.2, 0.25) is 0 Å². The summed E-state index contributed by atoms with van der Waals surface area (Å²) in [7, 11) is -3.50. The summed E-state index contributed by atoms with van der Waals surface area (Å²) in [6.45, 7) is 4.02. The molecule has 0 aliphatic heterocycles. The molecule has 0 spiro atoms. The highest BCUT2D eigenvalue weighted by molar-refractivity contribution is 14.2. The van der Waals surface area contributed by atoms with Crippen molar-refractivity contribution in [1.29, 1.82) is 0 Å². The predicted octanol–water partition coefficient (Wildman–Crippen LogP) is 6.87. The van der Waals surface area contributed by atoms with Crippen molar-refractivity contribution in [3.63, 3.8) is 0 Å².